The average Bonchev–Trinajstić information content (AvgIpc) is 3.67. The Hall–Kier alpha value is -3.84. The number of nitrogens with zero attached hydrogens (tertiary/aromatic N) is 4. The van der Waals surface area contributed by atoms with Gasteiger partial charge in [0.25, 0.3) is 0 Å². The molecule has 1 aliphatic heterocycles. The zero-order chi connectivity index (χ0) is 27.8. The molecule has 4 aromatic rings. The summed E-state index contributed by atoms with van der Waals surface area (Å²) in [7, 11) is 4.13. The molecule has 40 heavy (non-hydrogen) atoms. The summed E-state index contributed by atoms with van der Waals surface area (Å²) in [5.74, 6) is 0.922. The first-order chi connectivity index (χ1) is 19.4. The Labute approximate surface area is 242 Å². The Morgan fingerprint density at radius 1 is 0.925 bits per heavy atom. The van der Waals surface area contributed by atoms with Crippen molar-refractivity contribution in [3.05, 3.63) is 102 Å². The van der Waals surface area contributed by atoms with E-state index in [4.69, 9.17) is 21.9 Å². The topological polar surface area (TPSA) is 45.6 Å². The summed E-state index contributed by atoms with van der Waals surface area (Å²) in [4.78, 5) is 9.10. The van der Waals surface area contributed by atoms with E-state index in [1.54, 1.807) is 0 Å². The van der Waals surface area contributed by atoms with Crippen molar-refractivity contribution >= 4 is 28.7 Å². The number of aryl methyl sites for hydroxylation is 1. The van der Waals surface area contributed by atoms with Gasteiger partial charge in [0.1, 0.15) is 5.75 Å². The first kappa shape index (κ1) is 26.4. The highest BCUT2D eigenvalue weighted by atomic mass is 32.1. The number of hydrogen-bond donors (Lipinski definition) is 1. The maximum atomic E-state index is 6.25. The molecule has 1 saturated carbocycles. The molecule has 1 N–H and O–H groups in total. The predicted molar refractivity (Wildman–Crippen MR) is 167 cm³/mol. The van der Waals surface area contributed by atoms with Crippen molar-refractivity contribution in [1.82, 2.24) is 14.9 Å². The fraction of sp³-hybridized carbons (Fsp3) is 0.333. The summed E-state index contributed by atoms with van der Waals surface area (Å²) in [6.07, 6.45) is 6.98. The lowest BCUT2D eigenvalue weighted by Gasteiger charge is -2.28. The van der Waals surface area contributed by atoms with Gasteiger partial charge < -0.3 is 24.4 Å². The number of anilines is 2. The molecule has 0 radical (unpaired) electrons. The summed E-state index contributed by atoms with van der Waals surface area (Å²) < 4.78 is 8.58. The van der Waals surface area contributed by atoms with Gasteiger partial charge in [-0.25, -0.2) is 0 Å². The minimum Gasteiger partial charge on any atom is -0.490 e. The standard InChI is InChI=1S/C33H37N5OS/c1-22-21-29(23(2)37(22)25-14-12-24(13-15-25)36(3)4)32-31(30-11-7-8-20-34-30)35-33(40)38(32)26-16-18-28(19-17-26)39-27-9-5-6-10-27/h7-8,11-21,27,31-32H,5-6,9-10H2,1-4H3,(H,35,40)/t31-,32+/m1/s1. The quantitative estimate of drug-likeness (QED) is 0.248. The molecule has 1 aliphatic carbocycles. The minimum absolute atomic E-state index is 0.0648. The van der Waals surface area contributed by atoms with E-state index < -0.39 is 0 Å². The Bertz CT molecular complexity index is 1470. The first-order valence-electron chi connectivity index (χ1n) is 14.1. The molecule has 0 spiro atoms. The van der Waals surface area contributed by atoms with Gasteiger partial charge in [-0.2, -0.15) is 0 Å². The maximum Gasteiger partial charge on any atom is 0.174 e. The van der Waals surface area contributed by atoms with E-state index in [9.17, 15) is 0 Å². The molecule has 0 amide bonds. The maximum absolute atomic E-state index is 6.25. The summed E-state index contributed by atoms with van der Waals surface area (Å²) in [5, 5.41) is 4.30. The fourth-order valence-corrected chi connectivity index (χ4v) is 6.56. The highest BCUT2D eigenvalue weighted by Crippen LogP contribution is 2.44. The molecule has 2 aromatic heterocycles. The van der Waals surface area contributed by atoms with Gasteiger partial charge in [-0.05, 0) is 124 Å². The van der Waals surface area contributed by atoms with E-state index in [0.717, 1.165) is 35.7 Å². The molecule has 3 heterocycles. The molecule has 7 heteroatoms. The second-order valence-corrected chi connectivity index (χ2v) is 11.5. The van der Waals surface area contributed by atoms with Crippen LogP contribution in [0.1, 0.15) is 60.4 Å². The molecule has 6 rings (SSSR count). The summed E-state index contributed by atoms with van der Waals surface area (Å²) >= 11 is 5.98. The second kappa shape index (κ2) is 11.0. The Kier molecular flexibility index (Phi) is 7.24. The van der Waals surface area contributed by atoms with Gasteiger partial charge in [0.2, 0.25) is 0 Å². The monoisotopic (exact) mass is 551 g/mol. The number of ether oxygens (including phenoxy) is 1. The van der Waals surface area contributed by atoms with Crippen molar-refractivity contribution in [1.29, 1.82) is 0 Å². The van der Waals surface area contributed by atoms with Crippen molar-refractivity contribution in [2.75, 3.05) is 23.9 Å². The van der Waals surface area contributed by atoms with Crippen LogP contribution in [0.4, 0.5) is 11.4 Å². The first-order valence-corrected chi connectivity index (χ1v) is 14.6. The molecular formula is C33H37N5OS. The third kappa shape index (κ3) is 4.94. The zero-order valence-electron chi connectivity index (χ0n) is 23.7. The van der Waals surface area contributed by atoms with Gasteiger partial charge >= 0.3 is 0 Å². The normalized spacial score (nSPS) is 19.2. The SMILES string of the molecule is Cc1cc([C@H]2[C@@H](c3ccccn3)NC(=S)N2c2ccc(OC3CCCC3)cc2)c(C)n1-c1ccc(N(C)C)cc1. The fourth-order valence-electron chi connectivity index (χ4n) is 6.22. The predicted octanol–water partition coefficient (Wildman–Crippen LogP) is 7.05. The lowest BCUT2D eigenvalue weighted by atomic mass is 9.96. The molecule has 2 fully saturated rings. The highest BCUT2D eigenvalue weighted by Gasteiger charge is 2.42. The van der Waals surface area contributed by atoms with Crippen molar-refractivity contribution in [2.24, 2.45) is 0 Å². The molecule has 2 aromatic carbocycles. The third-order valence-electron chi connectivity index (χ3n) is 8.23. The molecule has 206 valence electrons. The molecule has 2 aliphatic rings. The second-order valence-electron chi connectivity index (χ2n) is 11.1. The molecule has 2 atom stereocenters. The molecule has 0 unspecified atom stereocenters. The third-order valence-corrected chi connectivity index (χ3v) is 8.55. The number of aromatic nitrogens is 2. The average molecular weight is 552 g/mol. The van der Waals surface area contributed by atoms with E-state index in [-0.39, 0.29) is 12.1 Å². The van der Waals surface area contributed by atoms with Crippen LogP contribution >= 0.6 is 12.2 Å². The zero-order valence-corrected chi connectivity index (χ0v) is 24.5. The van der Waals surface area contributed by atoms with Crippen molar-refractivity contribution in [3.8, 4) is 11.4 Å². The summed E-state index contributed by atoms with van der Waals surface area (Å²) in [6.45, 7) is 4.38. The lowest BCUT2D eigenvalue weighted by molar-refractivity contribution is 0.210. The van der Waals surface area contributed by atoms with Crippen LogP contribution in [0.5, 0.6) is 5.75 Å². The van der Waals surface area contributed by atoms with Gasteiger partial charge in [0.05, 0.1) is 23.9 Å². The molecule has 1 saturated heterocycles. The van der Waals surface area contributed by atoms with E-state index in [1.807, 2.05) is 18.3 Å². The van der Waals surface area contributed by atoms with Crippen LogP contribution in [0.15, 0.2) is 79.0 Å². The largest absolute Gasteiger partial charge is 0.490 e. The van der Waals surface area contributed by atoms with Crippen molar-refractivity contribution in [3.63, 3.8) is 0 Å². The van der Waals surface area contributed by atoms with Crippen LogP contribution in [0, 0.1) is 13.8 Å². The number of benzene rings is 2. The number of rotatable bonds is 7. The van der Waals surface area contributed by atoms with E-state index >= 15 is 0 Å². The van der Waals surface area contributed by atoms with Gasteiger partial charge in [0.15, 0.2) is 5.11 Å². The van der Waals surface area contributed by atoms with Gasteiger partial charge in [-0.1, -0.05) is 6.07 Å². The minimum atomic E-state index is -0.0896. The lowest BCUT2D eigenvalue weighted by Crippen LogP contribution is -2.29. The van der Waals surface area contributed by atoms with Crippen LogP contribution in [0.2, 0.25) is 0 Å². The van der Waals surface area contributed by atoms with Crippen LogP contribution in [0.25, 0.3) is 5.69 Å². The summed E-state index contributed by atoms with van der Waals surface area (Å²) in [6, 6.07) is 25.3. The molecule has 6 nitrogen and oxygen atoms in total. The van der Waals surface area contributed by atoms with Crippen molar-refractivity contribution < 1.29 is 4.74 Å². The smallest absolute Gasteiger partial charge is 0.174 e. The van der Waals surface area contributed by atoms with E-state index in [1.165, 1.54) is 35.5 Å². The Morgan fingerprint density at radius 2 is 1.62 bits per heavy atom. The van der Waals surface area contributed by atoms with Crippen LogP contribution in [0.3, 0.4) is 0 Å². The van der Waals surface area contributed by atoms with Gasteiger partial charge in [-0.15, -0.1) is 0 Å². The Balaban J connectivity index is 1.39. The molecule has 0 bridgehead atoms. The highest BCUT2D eigenvalue weighted by molar-refractivity contribution is 7.80. The van der Waals surface area contributed by atoms with Gasteiger partial charge in [-0.3, -0.25) is 4.98 Å². The van der Waals surface area contributed by atoms with E-state index in [2.05, 4.69) is 108 Å². The number of thiocarbonyl (C=S) groups is 1. The number of hydrogen-bond acceptors (Lipinski definition) is 4. The Morgan fingerprint density at radius 3 is 2.27 bits per heavy atom. The van der Waals surface area contributed by atoms with Crippen LogP contribution in [-0.2, 0) is 0 Å². The van der Waals surface area contributed by atoms with Crippen molar-refractivity contribution in [2.45, 2.75) is 57.7 Å². The van der Waals surface area contributed by atoms with Crippen LogP contribution < -0.4 is 19.9 Å². The van der Waals surface area contributed by atoms with Gasteiger partial charge in [0, 0.05) is 48.7 Å². The molecular weight excluding hydrogens is 514 g/mol. The van der Waals surface area contributed by atoms with Crippen LogP contribution in [-0.4, -0.2) is 34.9 Å². The number of nitrogens with one attached hydrogen (secondary N) is 1. The number of pyridine rings is 1. The summed E-state index contributed by atoms with van der Waals surface area (Å²) in [5.41, 5.74) is 7.94. The van der Waals surface area contributed by atoms with E-state index in [0.29, 0.717) is 11.2 Å².